The molecule has 1 N–H and O–H groups in total. The number of aromatic hydroxyl groups is 1. The molecule has 9 heteroatoms. The van der Waals surface area contributed by atoms with Crippen molar-refractivity contribution in [2.75, 3.05) is 13.4 Å². The first-order valence-corrected chi connectivity index (χ1v) is 9.50. The minimum absolute atomic E-state index is 0.135. The third kappa shape index (κ3) is 4.35. The van der Waals surface area contributed by atoms with Gasteiger partial charge in [0.1, 0.15) is 12.4 Å². The second-order valence-electron chi connectivity index (χ2n) is 5.28. The van der Waals surface area contributed by atoms with Gasteiger partial charge in [0.25, 0.3) is 0 Å². The number of rotatable bonds is 7. The quantitative estimate of drug-likeness (QED) is 0.476. The van der Waals surface area contributed by atoms with Crippen LogP contribution in [0.3, 0.4) is 0 Å². The summed E-state index contributed by atoms with van der Waals surface area (Å²) in [6, 6.07) is 12.7. The van der Waals surface area contributed by atoms with Crippen LogP contribution < -0.4 is 9.47 Å². The molecule has 0 saturated heterocycles. The Bertz CT molecular complexity index is 947. The highest BCUT2D eigenvalue weighted by Crippen LogP contribution is 2.35. The van der Waals surface area contributed by atoms with Gasteiger partial charge >= 0.3 is 0 Å². The second kappa shape index (κ2) is 8.79. The lowest BCUT2D eigenvalue weighted by Crippen LogP contribution is -2.05. The van der Waals surface area contributed by atoms with Gasteiger partial charge in [-0.25, -0.2) is 0 Å². The van der Waals surface area contributed by atoms with Crippen LogP contribution in [0.25, 0.3) is 0 Å². The summed E-state index contributed by atoms with van der Waals surface area (Å²) in [5, 5.41) is 23.4. The number of nitrogens with zero attached hydrogens (tertiary/aromatic N) is 4. The molecule has 2 aromatic carbocycles. The van der Waals surface area contributed by atoms with E-state index in [9.17, 15) is 5.11 Å². The first-order valence-electron chi connectivity index (χ1n) is 7.90. The van der Waals surface area contributed by atoms with Crippen molar-refractivity contribution in [1.29, 1.82) is 0 Å². The Morgan fingerprint density at radius 2 is 2.00 bits per heavy atom. The van der Waals surface area contributed by atoms with Gasteiger partial charge in [-0.1, -0.05) is 41.6 Å². The van der Waals surface area contributed by atoms with Crippen molar-refractivity contribution in [2.24, 2.45) is 5.10 Å². The standard InChI is InChI=1S/C18H17ClN4O3S/c1-25-14-9-8-12(16(19)17(14)24)10-20-23-15(21-22-18(23)27-2)11-26-13-6-4-3-5-7-13/h3-10,24H,11H2,1-2H3/b20-10-. The third-order valence-electron chi connectivity index (χ3n) is 3.61. The molecule has 1 heterocycles. The van der Waals surface area contributed by atoms with Gasteiger partial charge in [-0.05, 0) is 30.5 Å². The molecule has 3 rings (SSSR count). The topological polar surface area (TPSA) is 81.8 Å². The number of ether oxygens (including phenoxy) is 2. The predicted octanol–water partition coefficient (Wildman–Crippen LogP) is 3.83. The van der Waals surface area contributed by atoms with Gasteiger partial charge < -0.3 is 14.6 Å². The molecule has 7 nitrogen and oxygen atoms in total. The molecule has 140 valence electrons. The van der Waals surface area contributed by atoms with Crippen molar-refractivity contribution < 1.29 is 14.6 Å². The van der Waals surface area contributed by atoms with Crippen molar-refractivity contribution >= 4 is 29.6 Å². The summed E-state index contributed by atoms with van der Waals surface area (Å²) in [4.78, 5) is 0. The Labute approximate surface area is 165 Å². The Morgan fingerprint density at radius 3 is 2.70 bits per heavy atom. The van der Waals surface area contributed by atoms with Gasteiger partial charge in [0.05, 0.1) is 18.3 Å². The number of hydrogen-bond donors (Lipinski definition) is 1. The zero-order valence-corrected chi connectivity index (χ0v) is 16.2. The molecule has 0 fully saturated rings. The van der Waals surface area contributed by atoms with E-state index in [-0.39, 0.29) is 17.4 Å². The molecule has 0 radical (unpaired) electrons. The van der Waals surface area contributed by atoms with Crippen molar-refractivity contribution in [3.05, 3.63) is 58.9 Å². The molecule has 1 aromatic heterocycles. The highest BCUT2D eigenvalue weighted by molar-refractivity contribution is 7.98. The third-order valence-corrected chi connectivity index (χ3v) is 4.63. The normalized spacial score (nSPS) is 11.1. The number of methoxy groups -OCH3 is 1. The fourth-order valence-corrected chi connectivity index (χ4v) is 2.89. The van der Waals surface area contributed by atoms with Crippen LogP contribution in [0.15, 0.2) is 52.7 Å². The lowest BCUT2D eigenvalue weighted by atomic mass is 10.2. The molecule has 3 aromatic rings. The van der Waals surface area contributed by atoms with Crippen molar-refractivity contribution in [3.63, 3.8) is 0 Å². The van der Waals surface area contributed by atoms with Gasteiger partial charge in [0.15, 0.2) is 17.3 Å². The van der Waals surface area contributed by atoms with Crippen molar-refractivity contribution in [2.45, 2.75) is 11.8 Å². The van der Waals surface area contributed by atoms with Crippen LogP contribution in [0.4, 0.5) is 0 Å². The summed E-state index contributed by atoms with van der Waals surface area (Å²) >= 11 is 7.58. The zero-order valence-electron chi connectivity index (χ0n) is 14.7. The fourth-order valence-electron chi connectivity index (χ4n) is 2.24. The van der Waals surface area contributed by atoms with Gasteiger partial charge in [-0.15, -0.1) is 10.2 Å². The van der Waals surface area contributed by atoms with E-state index in [4.69, 9.17) is 21.1 Å². The number of halogens is 1. The molecular formula is C18H17ClN4O3S. The van der Waals surface area contributed by atoms with E-state index in [1.165, 1.54) is 25.1 Å². The largest absolute Gasteiger partial charge is 0.503 e. The predicted molar refractivity (Wildman–Crippen MR) is 105 cm³/mol. The molecule has 0 bridgehead atoms. The van der Waals surface area contributed by atoms with E-state index in [0.29, 0.717) is 22.3 Å². The Kier molecular flexibility index (Phi) is 6.20. The molecular weight excluding hydrogens is 388 g/mol. The van der Waals surface area contributed by atoms with E-state index < -0.39 is 0 Å². The molecule has 0 amide bonds. The maximum atomic E-state index is 10.0. The summed E-state index contributed by atoms with van der Waals surface area (Å²) in [6.45, 7) is 0.205. The zero-order chi connectivity index (χ0) is 19.2. The Balaban J connectivity index is 1.85. The molecule has 27 heavy (non-hydrogen) atoms. The molecule has 0 aliphatic heterocycles. The van der Waals surface area contributed by atoms with Gasteiger partial charge in [0.2, 0.25) is 5.16 Å². The Morgan fingerprint density at radius 1 is 1.22 bits per heavy atom. The lowest BCUT2D eigenvalue weighted by molar-refractivity contribution is 0.290. The monoisotopic (exact) mass is 404 g/mol. The number of aromatic nitrogens is 3. The van der Waals surface area contributed by atoms with Gasteiger partial charge in [-0.2, -0.15) is 9.78 Å². The van der Waals surface area contributed by atoms with E-state index in [1.54, 1.807) is 16.8 Å². The SMILES string of the molecule is COc1ccc(/C=N\n2c(COc3ccccc3)nnc2SC)c(Cl)c1O. The summed E-state index contributed by atoms with van der Waals surface area (Å²) in [6.07, 6.45) is 3.40. The summed E-state index contributed by atoms with van der Waals surface area (Å²) in [5.74, 6) is 1.42. The minimum Gasteiger partial charge on any atom is -0.503 e. The maximum Gasteiger partial charge on any atom is 0.211 e. The number of benzene rings is 2. The van der Waals surface area contributed by atoms with Crippen LogP contribution in [0.2, 0.25) is 5.02 Å². The average molecular weight is 405 g/mol. The summed E-state index contributed by atoms with van der Waals surface area (Å²) < 4.78 is 12.3. The van der Waals surface area contributed by atoms with E-state index in [0.717, 1.165) is 5.75 Å². The fraction of sp³-hybridized carbons (Fsp3) is 0.167. The Hall–Kier alpha value is -2.71. The number of hydrogen-bond acceptors (Lipinski definition) is 7. The molecule has 0 unspecified atom stereocenters. The second-order valence-corrected chi connectivity index (χ2v) is 6.43. The first kappa shape index (κ1) is 19.1. The minimum atomic E-state index is -0.135. The molecule has 0 aliphatic rings. The van der Waals surface area contributed by atoms with Crippen LogP contribution in [0.1, 0.15) is 11.4 Å². The van der Waals surface area contributed by atoms with Crippen LogP contribution in [-0.2, 0) is 6.61 Å². The highest BCUT2D eigenvalue weighted by Gasteiger charge is 2.13. The summed E-state index contributed by atoms with van der Waals surface area (Å²) in [7, 11) is 1.46. The number of thioether (sulfide) groups is 1. The number of para-hydroxylation sites is 1. The van der Waals surface area contributed by atoms with Crippen LogP contribution in [0.5, 0.6) is 17.2 Å². The van der Waals surface area contributed by atoms with Gasteiger partial charge in [0, 0.05) is 5.56 Å². The van der Waals surface area contributed by atoms with Crippen LogP contribution in [-0.4, -0.2) is 39.6 Å². The molecule has 0 saturated carbocycles. The highest BCUT2D eigenvalue weighted by atomic mass is 35.5. The molecule has 0 atom stereocenters. The van der Waals surface area contributed by atoms with Crippen LogP contribution in [0, 0.1) is 0 Å². The average Bonchev–Trinajstić information content (AvgIpc) is 3.10. The molecule has 0 spiro atoms. The van der Waals surface area contributed by atoms with Crippen molar-refractivity contribution in [3.8, 4) is 17.2 Å². The van der Waals surface area contributed by atoms with E-state index in [2.05, 4.69) is 15.3 Å². The summed E-state index contributed by atoms with van der Waals surface area (Å²) in [5.41, 5.74) is 0.533. The number of phenols is 1. The van der Waals surface area contributed by atoms with Crippen molar-refractivity contribution in [1.82, 2.24) is 14.9 Å². The van der Waals surface area contributed by atoms with E-state index in [1.807, 2.05) is 36.6 Å². The molecule has 0 aliphatic carbocycles. The van der Waals surface area contributed by atoms with E-state index >= 15 is 0 Å². The lowest BCUT2D eigenvalue weighted by Gasteiger charge is -2.08. The smallest absolute Gasteiger partial charge is 0.211 e. The maximum absolute atomic E-state index is 10.0. The van der Waals surface area contributed by atoms with Crippen LogP contribution >= 0.6 is 23.4 Å². The number of phenolic OH excluding ortho intramolecular Hbond substituents is 1. The first-order chi connectivity index (χ1) is 13.1. The van der Waals surface area contributed by atoms with Gasteiger partial charge in [-0.3, -0.25) is 0 Å².